The number of aromatic nitrogens is 2. The van der Waals surface area contributed by atoms with Gasteiger partial charge in [-0.2, -0.15) is 16.7 Å². The fraction of sp³-hybridized carbons (Fsp3) is 0.846. The Bertz CT molecular complexity index is 357. The van der Waals surface area contributed by atoms with E-state index in [0.717, 1.165) is 49.4 Å². The van der Waals surface area contributed by atoms with Gasteiger partial charge in [0, 0.05) is 0 Å². The van der Waals surface area contributed by atoms with Crippen molar-refractivity contribution in [3.8, 4) is 0 Å². The third kappa shape index (κ3) is 3.72. The van der Waals surface area contributed by atoms with E-state index in [4.69, 9.17) is 4.52 Å². The van der Waals surface area contributed by atoms with E-state index in [1.54, 1.807) is 0 Å². The third-order valence-electron chi connectivity index (χ3n) is 3.36. The predicted molar refractivity (Wildman–Crippen MR) is 72.6 cm³/mol. The zero-order chi connectivity index (χ0) is 12.8. The van der Waals surface area contributed by atoms with Crippen molar-refractivity contribution in [2.45, 2.75) is 63.2 Å². The minimum absolute atomic E-state index is 0.0462. The van der Waals surface area contributed by atoms with Crippen molar-refractivity contribution < 1.29 is 9.63 Å². The van der Waals surface area contributed by atoms with Gasteiger partial charge < -0.3 is 9.63 Å². The monoisotopic (exact) mass is 270 g/mol. The molecule has 4 nitrogen and oxygen atoms in total. The molecule has 0 aliphatic heterocycles. The Morgan fingerprint density at radius 1 is 1.33 bits per heavy atom. The second-order valence-corrected chi connectivity index (χ2v) is 6.02. The van der Waals surface area contributed by atoms with Crippen molar-refractivity contribution in [3.05, 3.63) is 11.7 Å². The van der Waals surface area contributed by atoms with Crippen LogP contribution in [0.4, 0.5) is 0 Å². The standard InChI is InChI=1S/C13H22N2O2S/c1-2-8-18-9-12-14-13(17-15-12)10-6-4-3-5-7-11(10)16/h10-11,16H,2-9H2,1H3. The van der Waals surface area contributed by atoms with Gasteiger partial charge in [0.15, 0.2) is 5.82 Å². The topological polar surface area (TPSA) is 59.2 Å². The number of aliphatic hydroxyl groups is 1. The summed E-state index contributed by atoms with van der Waals surface area (Å²) in [6.07, 6.45) is 6.11. The fourth-order valence-electron chi connectivity index (χ4n) is 2.36. The van der Waals surface area contributed by atoms with Crippen LogP contribution in [-0.4, -0.2) is 27.1 Å². The first-order chi connectivity index (χ1) is 8.81. The van der Waals surface area contributed by atoms with Crippen LogP contribution in [0, 0.1) is 0 Å². The number of hydrogen-bond donors (Lipinski definition) is 1. The van der Waals surface area contributed by atoms with E-state index < -0.39 is 0 Å². The summed E-state index contributed by atoms with van der Waals surface area (Å²) >= 11 is 1.82. The summed E-state index contributed by atoms with van der Waals surface area (Å²) in [6, 6.07) is 0. The highest BCUT2D eigenvalue weighted by Gasteiger charge is 2.28. The van der Waals surface area contributed by atoms with Gasteiger partial charge in [0.2, 0.25) is 5.89 Å². The number of hydrogen-bond acceptors (Lipinski definition) is 5. The first kappa shape index (κ1) is 13.9. The molecule has 1 saturated carbocycles. The van der Waals surface area contributed by atoms with Crippen LogP contribution in [-0.2, 0) is 5.75 Å². The van der Waals surface area contributed by atoms with Crippen LogP contribution in [0.3, 0.4) is 0 Å². The van der Waals surface area contributed by atoms with E-state index >= 15 is 0 Å². The van der Waals surface area contributed by atoms with Crippen molar-refractivity contribution in [2.75, 3.05) is 5.75 Å². The van der Waals surface area contributed by atoms with Crippen molar-refractivity contribution in [1.82, 2.24) is 10.1 Å². The van der Waals surface area contributed by atoms with Crippen molar-refractivity contribution >= 4 is 11.8 Å². The molecule has 2 atom stereocenters. The minimum Gasteiger partial charge on any atom is -0.392 e. The predicted octanol–water partition coefficient (Wildman–Crippen LogP) is 3.12. The summed E-state index contributed by atoms with van der Waals surface area (Å²) in [6.45, 7) is 2.16. The molecular weight excluding hydrogens is 248 g/mol. The number of nitrogens with zero attached hydrogens (tertiary/aromatic N) is 2. The molecule has 0 bridgehead atoms. The van der Waals surface area contributed by atoms with Gasteiger partial charge in [-0.1, -0.05) is 31.3 Å². The summed E-state index contributed by atoms with van der Waals surface area (Å²) in [7, 11) is 0. The molecule has 0 spiro atoms. The van der Waals surface area contributed by atoms with Crippen LogP contribution in [0.15, 0.2) is 4.52 Å². The van der Waals surface area contributed by atoms with Crippen LogP contribution in [0.2, 0.25) is 0 Å². The molecule has 2 unspecified atom stereocenters. The van der Waals surface area contributed by atoms with Gasteiger partial charge in [0.05, 0.1) is 17.8 Å². The number of rotatable bonds is 5. The van der Waals surface area contributed by atoms with Crippen LogP contribution < -0.4 is 0 Å². The Kier molecular flexibility index (Phi) is 5.50. The molecule has 0 aromatic carbocycles. The highest BCUT2D eigenvalue weighted by atomic mass is 32.2. The van der Waals surface area contributed by atoms with Crippen molar-refractivity contribution in [3.63, 3.8) is 0 Å². The molecule has 1 aromatic heterocycles. The van der Waals surface area contributed by atoms with E-state index in [2.05, 4.69) is 17.1 Å². The molecule has 2 rings (SSSR count). The zero-order valence-corrected chi connectivity index (χ0v) is 11.8. The second-order valence-electron chi connectivity index (χ2n) is 4.91. The maximum absolute atomic E-state index is 10.1. The van der Waals surface area contributed by atoms with Crippen molar-refractivity contribution in [1.29, 1.82) is 0 Å². The van der Waals surface area contributed by atoms with Crippen molar-refractivity contribution in [2.24, 2.45) is 0 Å². The van der Waals surface area contributed by atoms with Gasteiger partial charge >= 0.3 is 0 Å². The van der Waals surface area contributed by atoms with E-state index in [9.17, 15) is 5.11 Å². The highest BCUT2D eigenvalue weighted by molar-refractivity contribution is 7.98. The quantitative estimate of drug-likeness (QED) is 0.658. The molecule has 18 heavy (non-hydrogen) atoms. The third-order valence-corrected chi connectivity index (χ3v) is 4.52. The maximum atomic E-state index is 10.1. The fourth-order valence-corrected chi connectivity index (χ4v) is 3.09. The van der Waals surface area contributed by atoms with E-state index in [0.29, 0.717) is 5.89 Å². The van der Waals surface area contributed by atoms with Crippen LogP contribution >= 0.6 is 11.8 Å². The molecule has 0 saturated heterocycles. The van der Waals surface area contributed by atoms with E-state index in [1.165, 1.54) is 6.42 Å². The lowest BCUT2D eigenvalue weighted by molar-refractivity contribution is 0.119. The molecule has 5 heteroatoms. The summed E-state index contributed by atoms with van der Waals surface area (Å²) in [5.74, 6) is 3.37. The molecule has 1 fully saturated rings. The second kappa shape index (κ2) is 7.14. The number of aliphatic hydroxyl groups excluding tert-OH is 1. The first-order valence-electron chi connectivity index (χ1n) is 6.89. The summed E-state index contributed by atoms with van der Waals surface area (Å²) in [4.78, 5) is 4.44. The lowest BCUT2D eigenvalue weighted by Crippen LogP contribution is -2.17. The number of thioether (sulfide) groups is 1. The minimum atomic E-state index is -0.316. The summed E-state index contributed by atoms with van der Waals surface area (Å²) < 4.78 is 5.33. The van der Waals surface area contributed by atoms with Gasteiger partial charge in [-0.05, 0) is 25.0 Å². The average Bonchev–Trinajstić information content (AvgIpc) is 2.72. The molecule has 1 N–H and O–H groups in total. The lowest BCUT2D eigenvalue weighted by atomic mass is 9.97. The zero-order valence-electron chi connectivity index (χ0n) is 11.0. The lowest BCUT2D eigenvalue weighted by Gasteiger charge is -2.15. The van der Waals surface area contributed by atoms with Gasteiger partial charge in [-0.25, -0.2) is 0 Å². The smallest absolute Gasteiger partial charge is 0.232 e. The van der Waals surface area contributed by atoms with Gasteiger partial charge in [-0.15, -0.1) is 0 Å². The molecule has 1 heterocycles. The Morgan fingerprint density at radius 2 is 2.17 bits per heavy atom. The van der Waals surface area contributed by atoms with Gasteiger partial charge in [0.25, 0.3) is 0 Å². The molecule has 0 amide bonds. The summed E-state index contributed by atoms with van der Waals surface area (Å²) in [5.41, 5.74) is 0. The molecule has 102 valence electrons. The molecule has 1 aliphatic rings. The molecular formula is C13H22N2O2S. The Hall–Kier alpha value is -0.550. The maximum Gasteiger partial charge on any atom is 0.232 e. The molecule has 1 aliphatic carbocycles. The first-order valence-corrected chi connectivity index (χ1v) is 8.05. The van der Waals surface area contributed by atoms with E-state index in [1.807, 2.05) is 11.8 Å². The molecule has 1 aromatic rings. The SMILES string of the molecule is CCCSCc1noc(C2CCCCCC2O)n1. The molecule has 0 radical (unpaired) electrons. The van der Waals surface area contributed by atoms with Crippen LogP contribution in [0.1, 0.15) is 63.1 Å². The largest absolute Gasteiger partial charge is 0.392 e. The van der Waals surface area contributed by atoms with E-state index in [-0.39, 0.29) is 12.0 Å². The van der Waals surface area contributed by atoms with Gasteiger partial charge in [-0.3, -0.25) is 0 Å². The average molecular weight is 270 g/mol. The Morgan fingerprint density at radius 3 is 3.00 bits per heavy atom. The van der Waals surface area contributed by atoms with Crippen LogP contribution in [0.25, 0.3) is 0 Å². The summed E-state index contributed by atoms with van der Waals surface area (Å²) in [5, 5.41) is 14.1. The Balaban J connectivity index is 1.95. The Labute approximate surface area is 113 Å². The van der Waals surface area contributed by atoms with Crippen LogP contribution in [0.5, 0.6) is 0 Å². The highest BCUT2D eigenvalue weighted by Crippen LogP contribution is 2.31. The normalized spacial score (nSPS) is 25.0. The van der Waals surface area contributed by atoms with Gasteiger partial charge in [0.1, 0.15) is 0 Å².